The number of hydrogen-bond acceptors (Lipinski definition) is 5. The predicted molar refractivity (Wildman–Crippen MR) is 144 cm³/mol. The number of anilines is 1. The van der Waals surface area contributed by atoms with Crippen molar-refractivity contribution in [2.24, 2.45) is 0 Å². The molecule has 39 heavy (non-hydrogen) atoms. The van der Waals surface area contributed by atoms with Crippen LogP contribution in [0.25, 0.3) is 0 Å². The number of benzene rings is 2. The molecule has 0 aliphatic rings. The second-order valence-electron chi connectivity index (χ2n) is 9.45. The average molecular weight is 572 g/mol. The Hall–Kier alpha value is -3.28. The van der Waals surface area contributed by atoms with Crippen LogP contribution in [0.15, 0.2) is 48.5 Å². The Bertz CT molecular complexity index is 1240. The molecule has 0 fully saturated rings. The Kier molecular flexibility index (Phi) is 11.2. The molecule has 1 atom stereocenters. The molecule has 0 aliphatic carbocycles. The number of carbonyl (C=O) groups is 2. The zero-order valence-electron chi connectivity index (χ0n) is 22.8. The lowest BCUT2D eigenvalue weighted by atomic mass is 10.1. The SMILES string of the molecule is CCC(C(=O)NC(C)C)N(Cc1cccc(OC)c1)C(=O)CCCN(c1cccc(C(F)(F)F)c1)S(C)(=O)=O. The number of halogens is 3. The van der Waals surface area contributed by atoms with Crippen molar-refractivity contribution in [2.75, 3.05) is 24.2 Å². The van der Waals surface area contributed by atoms with E-state index in [1.165, 1.54) is 18.1 Å². The zero-order valence-corrected chi connectivity index (χ0v) is 23.6. The molecule has 1 unspecified atom stereocenters. The van der Waals surface area contributed by atoms with Gasteiger partial charge in [-0.15, -0.1) is 0 Å². The second kappa shape index (κ2) is 13.7. The molecule has 0 radical (unpaired) electrons. The van der Waals surface area contributed by atoms with Crippen LogP contribution in [0.4, 0.5) is 18.9 Å². The molecular formula is C27H36F3N3O5S. The van der Waals surface area contributed by atoms with Crippen molar-refractivity contribution in [1.29, 1.82) is 0 Å². The van der Waals surface area contributed by atoms with Crippen molar-refractivity contribution in [3.63, 3.8) is 0 Å². The molecule has 0 aromatic heterocycles. The number of sulfonamides is 1. The van der Waals surface area contributed by atoms with Crippen LogP contribution in [0, 0.1) is 0 Å². The van der Waals surface area contributed by atoms with Gasteiger partial charge in [0.1, 0.15) is 11.8 Å². The summed E-state index contributed by atoms with van der Waals surface area (Å²) < 4.78 is 70.6. The third-order valence-corrected chi connectivity index (χ3v) is 7.11. The van der Waals surface area contributed by atoms with Gasteiger partial charge in [-0.05, 0) is 62.6 Å². The summed E-state index contributed by atoms with van der Waals surface area (Å²) >= 11 is 0. The lowest BCUT2D eigenvalue weighted by Gasteiger charge is -2.31. The molecule has 1 N–H and O–H groups in total. The van der Waals surface area contributed by atoms with E-state index in [1.807, 2.05) is 13.8 Å². The number of rotatable bonds is 13. The van der Waals surface area contributed by atoms with E-state index in [4.69, 9.17) is 4.74 Å². The summed E-state index contributed by atoms with van der Waals surface area (Å²) in [5, 5.41) is 2.83. The van der Waals surface area contributed by atoms with Gasteiger partial charge in [0.2, 0.25) is 21.8 Å². The van der Waals surface area contributed by atoms with Gasteiger partial charge in [0.15, 0.2) is 0 Å². The lowest BCUT2D eigenvalue weighted by molar-refractivity contribution is -0.141. The number of amides is 2. The standard InChI is InChI=1S/C27H36F3N3O5S/c1-6-24(26(35)31-19(2)3)32(18-20-10-7-13-23(16-20)38-4)25(34)14-9-15-33(39(5,36)37)22-12-8-11-21(17-22)27(28,29)30/h7-8,10-13,16-17,19,24H,6,9,14-15,18H2,1-5H3,(H,31,35). The van der Waals surface area contributed by atoms with Gasteiger partial charge in [-0.1, -0.05) is 25.1 Å². The van der Waals surface area contributed by atoms with Crippen LogP contribution in [-0.4, -0.2) is 57.1 Å². The fraction of sp³-hybridized carbons (Fsp3) is 0.481. The molecule has 0 bridgehead atoms. The average Bonchev–Trinajstić information content (AvgIpc) is 2.84. The Morgan fingerprint density at radius 1 is 1.08 bits per heavy atom. The van der Waals surface area contributed by atoms with Crippen molar-refractivity contribution in [3.8, 4) is 5.75 Å². The maximum atomic E-state index is 13.4. The van der Waals surface area contributed by atoms with Crippen molar-refractivity contribution >= 4 is 27.5 Å². The summed E-state index contributed by atoms with van der Waals surface area (Å²) in [5.41, 5.74) is -0.382. The van der Waals surface area contributed by atoms with Gasteiger partial charge >= 0.3 is 6.18 Å². The molecule has 0 aliphatic heterocycles. The van der Waals surface area contributed by atoms with Crippen molar-refractivity contribution in [1.82, 2.24) is 10.2 Å². The minimum absolute atomic E-state index is 0.0268. The number of carbonyl (C=O) groups excluding carboxylic acids is 2. The van der Waals surface area contributed by atoms with E-state index in [0.29, 0.717) is 12.2 Å². The Labute approximate surface area is 228 Å². The molecule has 0 saturated carbocycles. The molecule has 0 heterocycles. The Morgan fingerprint density at radius 2 is 1.74 bits per heavy atom. The molecule has 12 heteroatoms. The highest BCUT2D eigenvalue weighted by Crippen LogP contribution is 2.32. The van der Waals surface area contributed by atoms with Gasteiger partial charge in [-0.2, -0.15) is 13.2 Å². The monoisotopic (exact) mass is 571 g/mol. The van der Waals surface area contributed by atoms with E-state index >= 15 is 0 Å². The molecule has 8 nitrogen and oxygen atoms in total. The zero-order chi connectivity index (χ0) is 29.4. The summed E-state index contributed by atoms with van der Waals surface area (Å²) in [6.45, 7) is 5.31. The van der Waals surface area contributed by atoms with Crippen molar-refractivity contribution in [2.45, 2.75) is 64.8 Å². The molecule has 216 valence electrons. The molecule has 0 spiro atoms. The van der Waals surface area contributed by atoms with Crippen LogP contribution >= 0.6 is 0 Å². The predicted octanol–water partition coefficient (Wildman–Crippen LogP) is 4.59. The largest absolute Gasteiger partial charge is 0.497 e. The van der Waals surface area contributed by atoms with Crippen LogP contribution in [0.5, 0.6) is 5.75 Å². The molecule has 2 aromatic carbocycles. The highest BCUT2D eigenvalue weighted by atomic mass is 32.2. The van der Waals surface area contributed by atoms with Gasteiger partial charge in [-0.25, -0.2) is 8.42 Å². The minimum atomic E-state index is -4.64. The Balaban J connectivity index is 2.28. The van der Waals surface area contributed by atoms with Crippen LogP contribution in [-0.2, 0) is 32.3 Å². The topological polar surface area (TPSA) is 96.0 Å². The smallest absolute Gasteiger partial charge is 0.416 e. The highest BCUT2D eigenvalue weighted by molar-refractivity contribution is 7.92. The van der Waals surface area contributed by atoms with Crippen LogP contribution < -0.4 is 14.4 Å². The van der Waals surface area contributed by atoms with E-state index in [1.54, 1.807) is 31.2 Å². The van der Waals surface area contributed by atoms with Crippen molar-refractivity contribution < 1.29 is 35.9 Å². The van der Waals surface area contributed by atoms with Gasteiger partial charge in [0.05, 0.1) is 24.6 Å². The summed E-state index contributed by atoms with van der Waals surface area (Å²) in [7, 11) is -2.42. The minimum Gasteiger partial charge on any atom is -0.497 e. The third kappa shape index (κ3) is 9.45. The summed E-state index contributed by atoms with van der Waals surface area (Å²) in [4.78, 5) is 27.8. The van der Waals surface area contributed by atoms with Crippen molar-refractivity contribution in [3.05, 3.63) is 59.7 Å². The lowest BCUT2D eigenvalue weighted by Crippen LogP contribution is -2.50. The van der Waals surface area contributed by atoms with Gasteiger partial charge in [-0.3, -0.25) is 13.9 Å². The fourth-order valence-electron chi connectivity index (χ4n) is 4.11. The molecule has 2 rings (SSSR count). The number of ether oxygens (including phenoxy) is 1. The number of nitrogens with zero attached hydrogens (tertiary/aromatic N) is 2. The van der Waals surface area contributed by atoms with Crippen LogP contribution in [0.3, 0.4) is 0 Å². The third-order valence-electron chi connectivity index (χ3n) is 5.92. The number of nitrogens with one attached hydrogen (secondary N) is 1. The molecule has 2 amide bonds. The van der Waals surface area contributed by atoms with E-state index in [-0.39, 0.29) is 49.5 Å². The highest BCUT2D eigenvalue weighted by Gasteiger charge is 2.32. The first kappa shape index (κ1) is 31.9. The van der Waals surface area contributed by atoms with Gasteiger partial charge in [0.25, 0.3) is 0 Å². The molecule has 2 aromatic rings. The molecule has 0 saturated heterocycles. The van der Waals surface area contributed by atoms with Crippen LogP contribution in [0.2, 0.25) is 0 Å². The summed E-state index contributed by atoms with van der Waals surface area (Å²) in [6.07, 6.45) is -3.50. The fourth-order valence-corrected chi connectivity index (χ4v) is 5.07. The van der Waals surface area contributed by atoms with E-state index in [9.17, 15) is 31.2 Å². The van der Waals surface area contributed by atoms with E-state index < -0.39 is 27.8 Å². The maximum Gasteiger partial charge on any atom is 0.416 e. The quantitative estimate of drug-likeness (QED) is 0.380. The molecular weight excluding hydrogens is 535 g/mol. The first-order chi connectivity index (χ1) is 18.2. The number of hydrogen-bond donors (Lipinski definition) is 1. The van der Waals surface area contributed by atoms with Gasteiger partial charge in [0, 0.05) is 25.6 Å². The van der Waals surface area contributed by atoms with Gasteiger partial charge < -0.3 is 15.0 Å². The normalized spacial score (nSPS) is 12.6. The first-order valence-electron chi connectivity index (χ1n) is 12.5. The summed E-state index contributed by atoms with van der Waals surface area (Å²) in [5.74, 6) is -0.115. The first-order valence-corrected chi connectivity index (χ1v) is 14.4. The van der Waals surface area contributed by atoms with E-state index in [2.05, 4.69) is 5.32 Å². The number of alkyl halides is 3. The Morgan fingerprint density at radius 3 is 2.31 bits per heavy atom. The number of methoxy groups -OCH3 is 1. The van der Waals surface area contributed by atoms with E-state index in [0.717, 1.165) is 34.3 Å². The van der Waals surface area contributed by atoms with Crippen LogP contribution in [0.1, 0.15) is 51.2 Å². The maximum absolute atomic E-state index is 13.4. The summed E-state index contributed by atoms with van der Waals surface area (Å²) in [6, 6.07) is 10.2. The second-order valence-corrected chi connectivity index (χ2v) is 11.4.